The number of hydrogen-bond donors (Lipinski definition) is 1. The van der Waals surface area contributed by atoms with Gasteiger partial charge >= 0.3 is 0 Å². The van der Waals surface area contributed by atoms with Gasteiger partial charge in [0.15, 0.2) is 5.78 Å². The smallest absolute Gasteiger partial charge is 0.157 e. The molecule has 0 amide bonds. The molecular weight excluding hydrogens is 233 g/mol. The minimum absolute atomic E-state index is 0.0523. The van der Waals surface area contributed by atoms with Gasteiger partial charge in [-0.15, -0.1) is 0 Å². The van der Waals surface area contributed by atoms with Crippen molar-refractivity contribution in [2.75, 3.05) is 0 Å². The van der Waals surface area contributed by atoms with Crippen molar-refractivity contribution in [1.82, 2.24) is 0 Å². The number of carbonyl (C=O) groups is 1. The van der Waals surface area contributed by atoms with Crippen LogP contribution in [-0.2, 0) is 4.79 Å². The Morgan fingerprint density at radius 2 is 1.93 bits per heavy atom. The predicted molar refractivity (Wildman–Crippen MR) is 63.9 cm³/mol. The largest absolute Gasteiger partial charge is 0.398 e. The summed E-state index contributed by atoms with van der Waals surface area (Å²) in [7, 11) is 0. The highest BCUT2D eigenvalue weighted by Crippen LogP contribution is 2.28. The van der Waals surface area contributed by atoms with Crippen molar-refractivity contribution in [1.29, 1.82) is 0 Å². The quantitative estimate of drug-likeness (QED) is 0.829. The first-order valence-electron chi connectivity index (χ1n) is 4.50. The molecule has 1 rings (SSSR count). The summed E-state index contributed by atoms with van der Waals surface area (Å²) in [5.41, 5.74) is 6.56. The topological polar surface area (TPSA) is 43.1 Å². The molecule has 0 aliphatic rings. The molecule has 0 spiro atoms. The molecule has 0 fully saturated rings. The van der Waals surface area contributed by atoms with Gasteiger partial charge in [0.25, 0.3) is 0 Å². The molecule has 0 radical (unpaired) electrons. The average Bonchev–Trinajstić information content (AvgIpc) is 2.17. The second-order valence-electron chi connectivity index (χ2n) is 3.02. The van der Waals surface area contributed by atoms with Crippen LogP contribution in [-0.4, -0.2) is 5.78 Å². The zero-order valence-corrected chi connectivity index (χ0v) is 9.77. The van der Waals surface area contributed by atoms with Crippen LogP contribution >= 0.6 is 23.2 Å². The van der Waals surface area contributed by atoms with Crippen molar-refractivity contribution < 1.29 is 4.79 Å². The van der Waals surface area contributed by atoms with E-state index in [9.17, 15) is 4.79 Å². The van der Waals surface area contributed by atoms with E-state index in [2.05, 4.69) is 0 Å². The SMILES string of the molecule is CCC(=O)C=C(N)c1c(Cl)cccc1Cl. The number of benzene rings is 1. The maximum absolute atomic E-state index is 11.2. The molecule has 0 saturated carbocycles. The third-order valence-electron chi connectivity index (χ3n) is 1.92. The van der Waals surface area contributed by atoms with Gasteiger partial charge in [-0.05, 0) is 12.1 Å². The fourth-order valence-corrected chi connectivity index (χ4v) is 1.74. The summed E-state index contributed by atoms with van der Waals surface area (Å²) in [6.07, 6.45) is 1.76. The number of nitrogens with two attached hydrogens (primary N) is 1. The fraction of sp³-hybridized carbons (Fsp3) is 0.182. The maximum atomic E-state index is 11.2. The second-order valence-corrected chi connectivity index (χ2v) is 3.83. The zero-order valence-electron chi connectivity index (χ0n) is 8.26. The van der Waals surface area contributed by atoms with E-state index >= 15 is 0 Å². The molecule has 15 heavy (non-hydrogen) atoms. The van der Waals surface area contributed by atoms with Crippen LogP contribution in [0, 0.1) is 0 Å². The lowest BCUT2D eigenvalue weighted by Crippen LogP contribution is -2.02. The third-order valence-corrected chi connectivity index (χ3v) is 2.55. The lowest BCUT2D eigenvalue weighted by molar-refractivity contribution is -0.114. The summed E-state index contributed by atoms with van der Waals surface area (Å²) in [6, 6.07) is 5.09. The highest BCUT2D eigenvalue weighted by molar-refractivity contribution is 6.37. The van der Waals surface area contributed by atoms with Crippen LogP contribution in [0.5, 0.6) is 0 Å². The lowest BCUT2D eigenvalue weighted by atomic mass is 10.1. The van der Waals surface area contributed by atoms with Gasteiger partial charge in [-0.3, -0.25) is 4.79 Å². The minimum atomic E-state index is -0.0523. The molecule has 80 valence electrons. The van der Waals surface area contributed by atoms with Crippen LogP contribution < -0.4 is 5.73 Å². The Balaban J connectivity index is 3.16. The standard InChI is InChI=1S/C11H11Cl2NO/c1-2-7(15)6-10(14)11-8(12)4-3-5-9(11)13/h3-6H,2,14H2,1H3. The predicted octanol–water partition coefficient (Wildman–Crippen LogP) is 3.27. The Bertz CT molecular complexity index is 393. The molecular formula is C11H11Cl2NO. The van der Waals surface area contributed by atoms with E-state index in [1.54, 1.807) is 25.1 Å². The van der Waals surface area contributed by atoms with Gasteiger partial charge < -0.3 is 5.73 Å². The second kappa shape index (κ2) is 5.19. The maximum Gasteiger partial charge on any atom is 0.157 e. The van der Waals surface area contributed by atoms with E-state index in [0.29, 0.717) is 27.7 Å². The molecule has 0 bridgehead atoms. The van der Waals surface area contributed by atoms with Gasteiger partial charge in [-0.1, -0.05) is 36.2 Å². The monoisotopic (exact) mass is 243 g/mol. The molecule has 1 aromatic rings. The van der Waals surface area contributed by atoms with Gasteiger partial charge in [0.1, 0.15) is 0 Å². The van der Waals surface area contributed by atoms with Crippen molar-refractivity contribution in [3.8, 4) is 0 Å². The van der Waals surface area contributed by atoms with Crippen LogP contribution in [0.3, 0.4) is 0 Å². The normalized spacial score (nSPS) is 11.5. The van der Waals surface area contributed by atoms with E-state index < -0.39 is 0 Å². The van der Waals surface area contributed by atoms with Crippen molar-refractivity contribution in [3.05, 3.63) is 39.9 Å². The van der Waals surface area contributed by atoms with Crippen molar-refractivity contribution >= 4 is 34.7 Å². The molecule has 4 heteroatoms. The Hall–Kier alpha value is -0.990. The first kappa shape index (κ1) is 12.1. The summed E-state index contributed by atoms with van der Waals surface area (Å²) in [6.45, 7) is 1.76. The number of ketones is 1. The van der Waals surface area contributed by atoms with Crippen molar-refractivity contribution in [2.24, 2.45) is 5.73 Å². The average molecular weight is 244 g/mol. The molecule has 0 unspecified atom stereocenters. The highest BCUT2D eigenvalue weighted by Gasteiger charge is 2.08. The molecule has 2 N–H and O–H groups in total. The van der Waals surface area contributed by atoms with E-state index in [4.69, 9.17) is 28.9 Å². The van der Waals surface area contributed by atoms with Gasteiger partial charge in [0.05, 0.1) is 10.0 Å². The van der Waals surface area contributed by atoms with E-state index in [1.807, 2.05) is 0 Å². The van der Waals surface area contributed by atoms with Gasteiger partial charge in [0, 0.05) is 23.8 Å². The molecule has 0 aliphatic heterocycles. The van der Waals surface area contributed by atoms with E-state index in [1.165, 1.54) is 6.08 Å². The first-order chi connectivity index (χ1) is 7.06. The van der Waals surface area contributed by atoms with Crippen LogP contribution in [0.4, 0.5) is 0 Å². The third kappa shape index (κ3) is 2.98. The van der Waals surface area contributed by atoms with Gasteiger partial charge in [-0.2, -0.15) is 0 Å². The van der Waals surface area contributed by atoms with Crippen molar-refractivity contribution in [2.45, 2.75) is 13.3 Å². The number of rotatable bonds is 3. The summed E-state index contributed by atoms with van der Waals surface area (Å²) in [4.78, 5) is 11.2. The van der Waals surface area contributed by atoms with Crippen molar-refractivity contribution in [3.63, 3.8) is 0 Å². The zero-order chi connectivity index (χ0) is 11.4. The Labute approximate surface area is 98.7 Å². The number of carbonyl (C=O) groups excluding carboxylic acids is 1. The number of hydrogen-bond acceptors (Lipinski definition) is 2. The van der Waals surface area contributed by atoms with Crippen LogP contribution in [0.25, 0.3) is 5.70 Å². The minimum Gasteiger partial charge on any atom is -0.398 e. The molecule has 2 nitrogen and oxygen atoms in total. The van der Waals surface area contributed by atoms with Gasteiger partial charge in [0.2, 0.25) is 0 Å². The molecule has 0 aliphatic carbocycles. The van der Waals surface area contributed by atoms with Crippen LogP contribution in [0.2, 0.25) is 10.0 Å². The lowest BCUT2D eigenvalue weighted by Gasteiger charge is -2.06. The van der Waals surface area contributed by atoms with Gasteiger partial charge in [-0.25, -0.2) is 0 Å². The summed E-state index contributed by atoms with van der Waals surface area (Å²) in [5, 5.41) is 0.889. The Morgan fingerprint density at radius 1 is 1.40 bits per heavy atom. The Kier molecular flexibility index (Phi) is 4.18. The number of allylic oxidation sites excluding steroid dienone is 1. The van der Waals surface area contributed by atoms with E-state index in [-0.39, 0.29) is 5.78 Å². The van der Waals surface area contributed by atoms with Crippen LogP contribution in [0.1, 0.15) is 18.9 Å². The molecule has 1 aromatic carbocycles. The molecule has 0 aromatic heterocycles. The molecule has 0 atom stereocenters. The summed E-state index contributed by atoms with van der Waals surface area (Å²) in [5.74, 6) is -0.0523. The van der Waals surface area contributed by atoms with E-state index in [0.717, 1.165) is 0 Å². The fourth-order valence-electron chi connectivity index (χ4n) is 1.12. The first-order valence-corrected chi connectivity index (χ1v) is 5.26. The summed E-state index contributed by atoms with van der Waals surface area (Å²) < 4.78 is 0. The summed E-state index contributed by atoms with van der Waals surface area (Å²) >= 11 is 11.9. The molecule has 0 saturated heterocycles. The molecule has 0 heterocycles. The highest BCUT2D eigenvalue weighted by atomic mass is 35.5. The Morgan fingerprint density at radius 3 is 2.40 bits per heavy atom. The number of halogens is 2. The van der Waals surface area contributed by atoms with Crippen LogP contribution in [0.15, 0.2) is 24.3 Å².